The summed E-state index contributed by atoms with van der Waals surface area (Å²) >= 11 is 0. The Morgan fingerprint density at radius 1 is 1.33 bits per heavy atom. The summed E-state index contributed by atoms with van der Waals surface area (Å²) in [6.45, 7) is 10.2. The lowest BCUT2D eigenvalue weighted by molar-refractivity contribution is -0.119. The van der Waals surface area contributed by atoms with Gasteiger partial charge < -0.3 is 14.6 Å². The quantitative estimate of drug-likeness (QED) is 0.776. The predicted molar refractivity (Wildman–Crippen MR) is 105 cm³/mol. The number of aromatic nitrogens is 2. The van der Waals surface area contributed by atoms with E-state index in [0.29, 0.717) is 18.4 Å². The number of nitrogens with one attached hydrogen (secondary N) is 1. The van der Waals surface area contributed by atoms with Gasteiger partial charge in [0.25, 0.3) is 0 Å². The smallest absolute Gasteiger partial charge is 0.217 e. The molecule has 1 aromatic heterocycles. The second kappa shape index (κ2) is 9.04. The molecule has 2 aromatic rings. The number of hydrogen-bond acceptors (Lipinski definition) is 4. The van der Waals surface area contributed by atoms with Crippen molar-refractivity contribution in [3.05, 3.63) is 48.5 Å². The number of hydrogen-bond donors (Lipinski definition) is 1. The van der Waals surface area contributed by atoms with Crippen molar-refractivity contribution in [1.29, 1.82) is 0 Å². The molecular formula is C21H30N4O2. The molecule has 0 bridgehead atoms. The summed E-state index contributed by atoms with van der Waals surface area (Å²) in [5.74, 6) is 1.99. The van der Waals surface area contributed by atoms with Crippen LogP contribution in [-0.2, 0) is 17.9 Å². The number of imidazole rings is 1. The van der Waals surface area contributed by atoms with E-state index in [0.717, 1.165) is 31.9 Å². The van der Waals surface area contributed by atoms with Gasteiger partial charge in [-0.05, 0) is 17.9 Å². The minimum Gasteiger partial charge on any atom is -0.491 e. The van der Waals surface area contributed by atoms with Crippen molar-refractivity contribution in [3.8, 4) is 5.75 Å². The zero-order valence-corrected chi connectivity index (χ0v) is 16.5. The number of amides is 1. The van der Waals surface area contributed by atoms with E-state index in [2.05, 4.69) is 41.2 Å². The first kappa shape index (κ1) is 19.4. The van der Waals surface area contributed by atoms with Gasteiger partial charge in [0.1, 0.15) is 12.4 Å². The molecule has 1 aromatic carbocycles. The number of likely N-dealkylation sites (tertiary alicyclic amines) is 1. The van der Waals surface area contributed by atoms with E-state index in [9.17, 15) is 4.79 Å². The Morgan fingerprint density at radius 3 is 2.85 bits per heavy atom. The highest BCUT2D eigenvalue weighted by atomic mass is 16.5. The minimum absolute atomic E-state index is 0.0516. The number of benzene rings is 1. The third-order valence-electron chi connectivity index (χ3n) is 5.22. The molecule has 27 heavy (non-hydrogen) atoms. The van der Waals surface area contributed by atoms with Crippen LogP contribution in [0.3, 0.4) is 0 Å². The van der Waals surface area contributed by atoms with Crippen LogP contribution in [0.1, 0.15) is 26.3 Å². The fourth-order valence-electron chi connectivity index (χ4n) is 3.83. The van der Waals surface area contributed by atoms with Crippen LogP contribution < -0.4 is 10.1 Å². The van der Waals surface area contributed by atoms with Crippen molar-refractivity contribution in [2.24, 2.45) is 11.8 Å². The largest absolute Gasteiger partial charge is 0.491 e. The molecular weight excluding hydrogens is 340 g/mol. The number of nitrogens with zero attached hydrogens (tertiary/aromatic N) is 3. The molecule has 0 saturated carbocycles. The molecule has 2 atom stereocenters. The summed E-state index contributed by atoms with van der Waals surface area (Å²) in [5, 5.41) is 3.13. The lowest BCUT2D eigenvalue weighted by Gasteiger charge is -2.22. The van der Waals surface area contributed by atoms with Crippen molar-refractivity contribution in [2.75, 3.05) is 19.7 Å². The first-order chi connectivity index (χ1) is 13.0. The molecule has 2 heterocycles. The van der Waals surface area contributed by atoms with E-state index in [-0.39, 0.29) is 11.9 Å². The van der Waals surface area contributed by atoms with Crippen LogP contribution in [0.2, 0.25) is 0 Å². The van der Waals surface area contributed by atoms with Gasteiger partial charge in [-0.3, -0.25) is 9.69 Å². The normalized spacial score (nSPS) is 20.1. The SMILES string of the molecule is CC(=O)N[C@@H]1CN(Cc2ccccc2OCCn2ccnc2)C[C@H]1C(C)C. The van der Waals surface area contributed by atoms with E-state index in [4.69, 9.17) is 4.74 Å². The van der Waals surface area contributed by atoms with Crippen molar-refractivity contribution in [1.82, 2.24) is 19.8 Å². The maximum Gasteiger partial charge on any atom is 0.217 e. The molecule has 1 fully saturated rings. The van der Waals surface area contributed by atoms with Crippen LogP contribution in [0.25, 0.3) is 0 Å². The Hall–Kier alpha value is -2.34. The van der Waals surface area contributed by atoms with Crippen molar-refractivity contribution in [3.63, 3.8) is 0 Å². The lowest BCUT2D eigenvalue weighted by Crippen LogP contribution is -2.40. The minimum atomic E-state index is 0.0516. The van der Waals surface area contributed by atoms with Gasteiger partial charge in [-0.15, -0.1) is 0 Å². The molecule has 146 valence electrons. The molecule has 1 aliphatic heterocycles. The van der Waals surface area contributed by atoms with Gasteiger partial charge in [0.15, 0.2) is 0 Å². The van der Waals surface area contributed by atoms with Gasteiger partial charge in [0.2, 0.25) is 5.91 Å². The Bertz CT molecular complexity index is 730. The molecule has 1 N–H and O–H groups in total. The van der Waals surface area contributed by atoms with Crippen LogP contribution >= 0.6 is 0 Å². The zero-order valence-electron chi connectivity index (χ0n) is 16.5. The Balaban J connectivity index is 1.60. The highest BCUT2D eigenvalue weighted by Crippen LogP contribution is 2.28. The van der Waals surface area contributed by atoms with Crippen LogP contribution in [0, 0.1) is 11.8 Å². The van der Waals surface area contributed by atoms with Crippen LogP contribution in [0.15, 0.2) is 43.0 Å². The molecule has 1 saturated heterocycles. The molecule has 1 amide bonds. The third kappa shape index (κ3) is 5.32. The fraction of sp³-hybridized carbons (Fsp3) is 0.524. The molecule has 3 rings (SSSR count). The number of para-hydroxylation sites is 1. The van der Waals surface area contributed by atoms with E-state index in [1.807, 2.05) is 22.9 Å². The lowest BCUT2D eigenvalue weighted by atomic mass is 9.91. The summed E-state index contributed by atoms with van der Waals surface area (Å²) in [6, 6.07) is 8.45. The Labute approximate surface area is 161 Å². The topological polar surface area (TPSA) is 59.4 Å². The average molecular weight is 370 g/mol. The van der Waals surface area contributed by atoms with Gasteiger partial charge in [0.05, 0.1) is 12.9 Å². The molecule has 0 aliphatic carbocycles. The molecule has 6 nitrogen and oxygen atoms in total. The van der Waals surface area contributed by atoms with Gasteiger partial charge >= 0.3 is 0 Å². The first-order valence-electron chi connectivity index (χ1n) is 9.69. The van der Waals surface area contributed by atoms with E-state index >= 15 is 0 Å². The van der Waals surface area contributed by atoms with E-state index < -0.39 is 0 Å². The van der Waals surface area contributed by atoms with Crippen molar-refractivity contribution < 1.29 is 9.53 Å². The fourth-order valence-corrected chi connectivity index (χ4v) is 3.83. The van der Waals surface area contributed by atoms with Gasteiger partial charge in [-0.25, -0.2) is 4.98 Å². The highest BCUT2D eigenvalue weighted by molar-refractivity contribution is 5.73. The van der Waals surface area contributed by atoms with Crippen LogP contribution in [0.4, 0.5) is 0 Å². The summed E-state index contributed by atoms with van der Waals surface area (Å²) in [7, 11) is 0. The number of carbonyl (C=O) groups excluding carboxylic acids is 1. The second-order valence-corrected chi connectivity index (χ2v) is 7.67. The Kier molecular flexibility index (Phi) is 6.50. The van der Waals surface area contributed by atoms with Gasteiger partial charge in [-0.2, -0.15) is 0 Å². The maximum atomic E-state index is 11.5. The molecule has 1 aliphatic rings. The summed E-state index contributed by atoms with van der Waals surface area (Å²) in [6.07, 6.45) is 5.51. The monoisotopic (exact) mass is 370 g/mol. The van der Waals surface area contributed by atoms with Gasteiger partial charge in [-0.1, -0.05) is 32.0 Å². The van der Waals surface area contributed by atoms with E-state index in [1.165, 1.54) is 5.56 Å². The zero-order chi connectivity index (χ0) is 19.2. The van der Waals surface area contributed by atoms with Gasteiger partial charge in [0, 0.05) is 50.6 Å². The maximum absolute atomic E-state index is 11.5. The Morgan fingerprint density at radius 2 is 2.15 bits per heavy atom. The molecule has 0 unspecified atom stereocenters. The number of ether oxygens (including phenoxy) is 1. The molecule has 0 radical (unpaired) electrons. The summed E-state index contributed by atoms with van der Waals surface area (Å²) in [5.41, 5.74) is 1.19. The standard InChI is InChI=1S/C21H30N4O2/c1-16(2)19-13-25(14-20(19)23-17(3)26)12-18-6-4-5-7-21(18)27-11-10-24-9-8-22-15-24/h4-9,15-16,19-20H,10-14H2,1-3H3,(H,23,26)/t19-,20+/m0/s1. The predicted octanol–water partition coefficient (Wildman–Crippen LogP) is 2.55. The summed E-state index contributed by atoms with van der Waals surface area (Å²) < 4.78 is 8.05. The summed E-state index contributed by atoms with van der Waals surface area (Å²) in [4.78, 5) is 18.0. The van der Waals surface area contributed by atoms with Crippen molar-refractivity contribution in [2.45, 2.75) is 39.9 Å². The first-order valence-corrected chi connectivity index (χ1v) is 9.69. The third-order valence-corrected chi connectivity index (χ3v) is 5.22. The van der Waals surface area contributed by atoms with Crippen molar-refractivity contribution >= 4 is 5.91 Å². The molecule has 6 heteroatoms. The second-order valence-electron chi connectivity index (χ2n) is 7.67. The molecule has 0 spiro atoms. The number of rotatable bonds is 8. The van der Waals surface area contributed by atoms with E-state index in [1.54, 1.807) is 19.4 Å². The average Bonchev–Trinajstić information content (AvgIpc) is 3.26. The highest BCUT2D eigenvalue weighted by Gasteiger charge is 2.35. The van der Waals surface area contributed by atoms with Crippen LogP contribution in [0.5, 0.6) is 5.75 Å². The number of carbonyl (C=O) groups is 1. The van der Waals surface area contributed by atoms with Crippen LogP contribution in [-0.4, -0.2) is 46.1 Å².